The van der Waals surface area contributed by atoms with Gasteiger partial charge in [-0.2, -0.15) is 4.68 Å². The molecule has 3 rings (SSSR count). The fourth-order valence-corrected chi connectivity index (χ4v) is 3.47. The number of aromatic nitrogens is 4. The average molecular weight is 383 g/mol. The maximum Gasteiger partial charge on any atom is 0.240 e. The molecule has 3 aromatic rings. The largest absolute Gasteiger partial charge is 0.492 e. The molecule has 0 aliphatic heterocycles. The Hall–Kier alpha value is -2.87. The van der Waals surface area contributed by atoms with Crippen LogP contribution in [-0.2, 0) is 4.79 Å². The lowest BCUT2D eigenvalue weighted by molar-refractivity contribution is -0.117. The van der Waals surface area contributed by atoms with Crippen LogP contribution in [0.1, 0.15) is 13.8 Å². The maximum atomic E-state index is 12.8. The monoisotopic (exact) mass is 383 g/mol. The first-order chi connectivity index (χ1) is 13.1. The van der Waals surface area contributed by atoms with Gasteiger partial charge >= 0.3 is 0 Å². The molecule has 1 amide bonds. The molecular formula is C19H21N5O2S. The van der Waals surface area contributed by atoms with Crippen LogP contribution in [0.2, 0.25) is 0 Å². The van der Waals surface area contributed by atoms with Crippen LogP contribution < -0.4 is 9.64 Å². The van der Waals surface area contributed by atoms with E-state index in [-0.39, 0.29) is 11.2 Å². The summed E-state index contributed by atoms with van der Waals surface area (Å²) in [5.41, 5.74) is 1.58. The molecule has 0 aliphatic rings. The van der Waals surface area contributed by atoms with E-state index in [4.69, 9.17) is 4.74 Å². The fourth-order valence-electron chi connectivity index (χ4n) is 2.57. The van der Waals surface area contributed by atoms with E-state index in [0.29, 0.717) is 17.5 Å². The van der Waals surface area contributed by atoms with Gasteiger partial charge in [0.05, 0.1) is 11.9 Å². The second-order valence-electron chi connectivity index (χ2n) is 5.77. The predicted octanol–water partition coefficient (Wildman–Crippen LogP) is 3.20. The van der Waals surface area contributed by atoms with Crippen molar-refractivity contribution in [2.24, 2.45) is 0 Å². The van der Waals surface area contributed by atoms with Crippen molar-refractivity contribution < 1.29 is 9.53 Å². The average Bonchev–Trinajstić information content (AvgIpc) is 3.16. The van der Waals surface area contributed by atoms with Crippen molar-refractivity contribution in [1.82, 2.24) is 20.2 Å². The highest BCUT2D eigenvalue weighted by Crippen LogP contribution is 2.29. The Bertz CT molecular complexity index is 900. The fraction of sp³-hybridized carbons (Fsp3) is 0.263. The van der Waals surface area contributed by atoms with E-state index in [9.17, 15) is 4.79 Å². The number of carbonyl (C=O) groups is 1. The smallest absolute Gasteiger partial charge is 0.240 e. The number of rotatable bonds is 7. The number of amides is 1. The molecule has 140 valence electrons. The van der Waals surface area contributed by atoms with Gasteiger partial charge in [0.1, 0.15) is 11.4 Å². The van der Waals surface area contributed by atoms with Crippen molar-refractivity contribution in [1.29, 1.82) is 0 Å². The summed E-state index contributed by atoms with van der Waals surface area (Å²) in [6, 6.07) is 17.1. The van der Waals surface area contributed by atoms with Crippen LogP contribution in [0.5, 0.6) is 5.75 Å². The molecule has 8 heteroatoms. The van der Waals surface area contributed by atoms with Crippen LogP contribution in [0.25, 0.3) is 5.69 Å². The van der Waals surface area contributed by atoms with Crippen molar-refractivity contribution in [3.05, 3.63) is 54.6 Å². The van der Waals surface area contributed by atoms with Crippen LogP contribution in [0.3, 0.4) is 0 Å². The van der Waals surface area contributed by atoms with Gasteiger partial charge in [0.25, 0.3) is 0 Å². The van der Waals surface area contributed by atoms with Crippen LogP contribution in [0, 0.1) is 0 Å². The second-order valence-corrected chi connectivity index (χ2v) is 7.07. The van der Waals surface area contributed by atoms with Crippen LogP contribution in [-0.4, -0.2) is 45.0 Å². The molecule has 27 heavy (non-hydrogen) atoms. The highest BCUT2D eigenvalue weighted by Gasteiger charge is 2.23. The minimum Gasteiger partial charge on any atom is -0.492 e. The lowest BCUT2D eigenvalue weighted by Gasteiger charge is -2.21. The Balaban J connectivity index is 1.80. The third-order valence-electron chi connectivity index (χ3n) is 3.94. The molecule has 1 atom stereocenters. The predicted molar refractivity (Wildman–Crippen MR) is 105 cm³/mol. The zero-order valence-electron chi connectivity index (χ0n) is 15.4. The molecule has 0 saturated carbocycles. The maximum absolute atomic E-state index is 12.8. The Labute approximate surface area is 162 Å². The highest BCUT2D eigenvalue weighted by molar-refractivity contribution is 8.00. The summed E-state index contributed by atoms with van der Waals surface area (Å²) in [5.74, 6) is 0.661. The summed E-state index contributed by atoms with van der Waals surface area (Å²) in [6.45, 7) is 4.31. The molecule has 0 unspecified atom stereocenters. The molecule has 1 aromatic heterocycles. The number of benzene rings is 2. The number of ether oxygens (including phenoxy) is 1. The highest BCUT2D eigenvalue weighted by atomic mass is 32.2. The Morgan fingerprint density at radius 3 is 2.63 bits per heavy atom. The van der Waals surface area contributed by atoms with E-state index in [2.05, 4.69) is 15.5 Å². The van der Waals surface area contributed by atoms with Gasteiger partial charge in [-0.05, 0) is 48.5 Å². The Kier molecular flexibility index (Phi) is 6.08. The number of hydrogen-bond acceptors (Lipinski definition) is 6. The van der Waals surface area contributed by atoms with E-state index < -0.39 is 0 Å². The molecule has 0 saturated heterocycles. The zero-order valence-corrected chi connectivity index (χ0v) is 16.3. The summed E-state index contributed by atoms with van der Waals surface area (Å²) in [6.07, 6.45) is 0. The van der Waals surface area contributed by atoms with Crippen LogP contribution >= 0.6 is 11.8 Å². The summed E-state index contributed by atoms with van der Waals surface area (Å²) >= 11 is 1.31. The third kappa shape index (κ3) is 4.28. The summed E-state index contributed by atoms with van der Waals surface area (Å²) in [4.78, 5) is 14.4. The van der Waals surface area contributed by atoms with Crippen LogP contribution in [0.15, 0.2) is 59.8 Å². The number of hydrogen-bond donors (Lipinski definition) is 0. The molecule has 0 N–H and O–H groups in total. The van der Waals surface area contributed by atoms with Gasteiger partial charge in [0, 0.05) is 12.7 Å². The third-order valence-corrected chi connectivity index (χ3v) is 4.96. The van der Waals surface area contributed by atoms with Crippen molar-refractivity contribution in [3.63, 3.8) is 0 Å². The molecule has 0 aliphatic carbocycles. The van der Waals surface area contributed by atoms with Gasteiger partial charge in [-0.15, -0.1) is 5.10 Å². The first-order valence-corrected chi connectivity index (χ1v) is 9.49. The lowest BCUT2D eigenvalue weighted by Crippen LogP contribution is -2.33. The first-order valence-electron chi connectivity index (χ1n) is 8.61. The first kappa shape index (κ1) is 18.9. The van der Waals surface area contributed by atoms with Gasteiger partial charge in [0.15, 0.2) is 0 Å². The number of carbonyl (C=O) groups excluding carboxylic acids is 1. The Morgan fingerprint density at radius 2 is 1.89 bits per heavy atom. The minimum absolute atomic E-state index is 0.0288. The lowest BCUT2D eigenvalue weighted by atomic mass is 10.3. The molecule has 7 nitrogen and oxygen atoms in total. The minimum atomic E-state index is -0.362. The van der Waals surface area contributed by atoms with E-state index >= 15 is 0 Å². The van der Waals surface area contributed by atoms with E-state index in [1.807, 2.05) is 68.4 Å². The zero-order chi connectivity index (χ0) is 19.2. The van der Waals surface area contributed by atoms with Gasteiger partial charge in [-0.1, -0.05) is 42.1 Å². The van der Waals surface area contributed by atoms with Gasteiger partial charge in [0.2, 0.25) is 11.1 Å². The van der Waals surface area contributed by atoms with Crippen LogP contribution in [0.4, 0.5) is 5.69 Å². The van der Waals surface area contributed by atoms with Gasteiger partial charge < -0.3 is 9.64 Å². The summed E-state index contributed by atoms with van der Waals surface area (Å²) in [7, 11) is 1.77. The standard InChI is InChI=1S/C19H21N5O2S/c1-4-26-17-13-9-8-12-16(17)24-19(20-21-22-24)27-14(2)18(25)23(3)15-10-6-5-7-11-15/h5-14H,4H2,1-3H3/t14-/m0/s1. The molecule has 0 fully saturated rings. The molecule has 0 spiro atoms. The molecule has 0 bridgehead atoms. The topological polar surface area (TPSA) is 73.1 Å². The number of anilines is 1. The number of nitrogens with zero attached hydrogens (tertiary/aromatic N) is 5. The number of para-hydroxylation sites is 3. The van der Waals surface area contributed by atoms with Crippen molar-refractivity contribution in [3.8, 4) is 11.4 Å². The van der Waals surface area contributed by atoms with E-state index in [1.165, 1.54) is 11.8 Å². The second kappa shape index (κ2) is 8.68. The Morgan fingerprint density at radius 1 is 1.19 bits per heavy atom. The summed E-state index contributed by atoms with van der Waals surface area (Å²) in [5, 5.41) is 12.1. The van der Waals surface area contributed by atoms with E-state index in [1.54, 1.807) is 16.6 Å². The SMILES string of the molecule is CCOc1ccccc1-n1nnnc1S[C@@H](C)C(=O)N(C)c1ccccc1. The molecule has 0 radical (unpaired) electrons. The number of thioether (sulfide) groups is 1. The van der Waals surface area contributed by atoms with Crippen molar-refractivity contribution in [2.75, 3.05) is 18.6 Å². The van der Waals surface area contributed by atoms with E-state index in [0.717, 1.165) is 11.4 Å². The van der Waals surface area contributed by atoms with Gasteiger partial charge in [-0.3, -0.25) is 4.79 Å². The normalized spacial score (nSPS) is 11.8. The molecular weight excluding hydrogens is 362 g/mol. The molecule has 2 aromatic carbocycles. The van der Waals surface area contributed by atoms with Crippen molar-refractivity contribution >= 4 is 23.4 Å². The number of tetrazole rings is 1. The molecule has 1 heterocycles. The quantitative estimate of drug-likeness (QED) is 0.584. The van der Waals surface area contributed by atoms with Crippen molar-refractivity contribution in [2.45, 2.75) is 24.3 Å². The summed E-state index contributed by atoms with van der Waals surface area (Å²) < 4.78 is 7.26. The van der Waals surface area contributed by atoms with Gasteiger partial charge in [-0.25, -0.2) is 0 Å².